The van der Waals surface area contributed by atoms with Crippen molar-refractivity contribution in [3.05, 3.63) is 6.29 Å². The number of aliphatic hydroxyl groups is 4. The zero-order valence-electron chi connectivity index (χ0n) is 6.29. The fourth-order valence-corrected chi connectivity index (χ4v) is 1.03. The van der Waals surface area contributed by atoms with E-state index < -0.39 is 37.3 Å². The van der Waals surface area contributed by atoms with Gasteiger partial charge in [0, 0.05) is 0 Å². The first-order valence-electron chi connectivity index (χ1n) is 3.53. The third-order valence-electron chi connectivity index (χ3n) is 1.84. The minimum absolute atomic E-state index is 0.491. The van der Waals surface area contributed by atoms with Gasteiger partial charge in [-0.05, 0) is 0 Å². The lowest BCUT2D eigenvalue weighted by molar-refractivity contribution is -0.192. The van der Waals surface area contributed by atoms with E-state index in [0.717, 1.165) is 0 Å². The van der Waals surface area contributed by atoms with Gasteiger partial charge < -0.3 is 30.9 Å². The fourth-order valence-electron chi connectivity index (χ4n) is 1.03. The van der Waals surface area contributed by atoms with Gasteiger partial charge >= 0.3 is 0 Å². The summed E-state index contributed by atoms with van der Waals surface area (Å²) in [6.07, 6.45) is -4.16. The zero-order chi connectivity index (χ0) is 9.30. The summed E-state index contributed by atoms with van der Waals surface area (Å²) in [6, 6.07) is -1.12. The Bertz CT molecular complexity index is 150. The molecule has 0 aromatic carbocycles. The highest BCUT2D eigenvalue weighted by molar-refractivity contribution is 4.98. The summed E-state index contributed by atoms with van der Waals surface area (Å²) in [7, 11) is 0. The predicted molar refractivity (Wildman–Crippen MR) is 37.1 cm³/mol. The fraction of sp³-hybridized carbons (Fsp3) is 0.833. The molecule has 6 nitrogen and oxygen atoms in total. The molecule has 6 N–H and O–H groups in total. The second-order valence-corrected chi connectivity index (χ2v) is 2.68. The summed E-state index contributed by atoms with van der Waals surface area (Å²) in [5.74, 6) is 0. The van der Waals surface area contributed by atoms with Crippen molar-refractivity contribution in [2.75, 3.05) is 6.61 Å². The van der Waals surface area contributed by atoms with Crippen molar-refractivity contribution < 1.29 is 25.2 Å². The van der Waals surface area contributed by atoms with Crippen molar-refractivity contribution in [2.45, 2.75) is 24.4 Å². The van der Waals surface area contributed by atoms with Gasteiger partial charge in [-0.2, -0.15) is 0 Å². The summed E-state index contributed by atoms with van der Waals surface area (Å²) in [5, 5.41) is 35.9. The summed E-state index contributed by atoms with van der Waals surface area (Å²) in [4.78, 5) is 0. The Hall–Kier alpha value is -0.240. The van der Waals surface area contributed by atoms with Crippen LogP contribution in [0.1, 0.15) is 0 Å². The van der Waals surface area contributed by atoms with E-state index in [1.54, 1.807) is 0 Å². The molecule has 0 bridgehead atoms. The van der Waals surface area contributed by atoms with Gasteiger partial charge in [-0.1, -0.05) is 0 Å². The molecule has 1 aliphatic rings. The van der Waals surface area contributed by atoms with Gasteiger partial charge in [0.15, 0.2) is 0 Å². The van der Waals surface area contributed by atoms with Crippen LogP contribution in [0.25, 0.3) is 0 Å². The van der Waals surface area contributed by atoms with Crippen LogP contribution in [-0.4, -0.2) is 51.4 Å². The van der Waals surface area contributed by atoms with E-state index in [2.05, 4.69) is 4.74 Å². The Morgan fingerprint density at radius 3 is 2.42 bits per heavy atom. The maximum absolute atomic E-state index is 9.19. The molecule has 0 unspecified atom stereocenters. The lowest BCUT2D eigenvalue weighted by Crippen LogP contribution is -2.58. The van der Waals surface area contributed by atoms with Crippen LogP contribution in [0.2, 0.25) is 0 Å². The van der Waals surface area contributed by atoms with Crippen molar-refractivity contribution in [1.29, 1.82) is 0 Å². The van der Waals surface area contributed by atoms with Crippen molar-refractivity contribution in [2.24, 2.45) is 5.73 Å². The average Bonchev–Trinajstić information content (AvgIpc) is 2.08. The van der Waals surface area contributed by atoms with Crippen LogP contribution in [0, 0.1) is 6.29 Å². The van der Waals surface area contributed by atoms with Gasteiger partial charge in [0.25, 0.3) is 0 Å². The van der Waals surface area contributed by atoms with E-state index in [9.17, 15) is 10.2 Å². The second kappa shape index (κ2) is 3.65. The van der Waals surface area contributed by atoms with Crippen LogP contribution in [0.3, 0.4) is 0 Å². The molecule has 1 radical (unpaired) electrons. The van der Waals surface area contributed by atoms with Crippen LogP contribution in [0.5, 0.6) is 0 Å². The number of ether oxygens (including phenoxy) is 1. The summed E-state index contributed by atoms with van der Waals surface area (Å²) in [5.41, 5.74) is 5.23. The number of hydrogen-bond donors (Lipinski definition) is 5. The van der Waals surface area contributed by atoms with Crippen LogP contribution < -0.4 is 5.73 Å². The number of rotatable bonds is 1. The normalized spacial score (nSPS) is 44.8. The monoisotopic (exact) mass is 178 g/mol. The number of nitrogens with two attached hydrogens (primary N) is 1. The minimum Gasteiger partial charge on any atom is -0.394 e. The standard InChI is InChI=1S/C6H12NO5/c7-3-5(10)4(9)2(1-8)12-6(3)11/h2-5,8-11H,1,7H2/t2-,3-,4+,5-/m1/s1. The second-order valence-electron chi connectivity index (χ2n) is 2.68. The minimum atomic E-state index is -1.31. The van der Waals surface area contributed by atoms with Crippen LogP contribution in [0.4, 0.5) is 0 Å². The molecule has 1 aliphatic heterocycles. The quantitative estimate of drug-likeness (QED) is 0.298. The maximum atomic E-state index is 9.19. The summed E-state index contributed by atoms with van der Waals surface area (Å²) >= 11 is 0. The van der Waals surface area contributed by atoms with E-state index in [1.807, 2.05) is 0 Å². The van der Waals surface area contributed by atoms with Gasteiger partial charge in [-0.15, -0.1) is 0 Å². The predicted octanol–water partition coefficient (Wildman–Crippen LogP) is -2.71. The molecule has 1 heterocycles. The largest absolute Gasteiger partial charge is 0.394 e. The first-order valence-corrected chi connectivity index (χ1v) is 3.53. The Kier molecular flexibility index (Phi) is 2.99. The van der Waals surface area contributed by atoms with Crippen LogP contribution in [0.15, 0.2) is 0 Å². The van der Waals surface area contributed by atoms with E-state index in [-0.39, 0.29) is 0 Å². The van der Waals surface area contributed by atoms with Crippen molar-refractivity contribution in [1.82, 2.24) is 0 Å². The molecule has 0 aliphatic carbocycles. The van der Waals surface area contributed by atoms with E-state index in [4.69, 9.17) is 15.9 Å². The maximum Gasteiger partial charge on any atom is 0.241 e. The summed E-state index contributed by atoms with van der Waals surface area (Å²) < 4.78 is 4.62. The van der Waals surface area contributed by atoms with Crippen LogP contribution >= 0.6 is 0 Å². The first-order chi connectivity index (χ1) is 5.57. The van der Waals surface area contributed by atoms with E-state index in [1.165, 1.54) is 0 Å². The molecule has 0 amide bonds. The molecule has 0 saturated carbocycles. The summed E-state index contributed by atoms with van der Waals surface area (Å²) in [6.45, 7) is -0.491. The Labute approximate surface area is 69.2 Å². The first kappa shape index (κ1) is 9.85. The topological polar surface area (TPSA) is 116 Å². The van der Waals surface area contributed by atoms with Gasteiger partial charge in [0.05, 0.1) is 12.6 Å². The molecule has 0 aromatic heterocycles. The smallest absolute Gasteiger partial charge is 0.241 e. The molecule has 1 rings (SSSR count). The molecule has 6 heteroatoms. The van der Waals surface area contributed by atoms with Gasteiger partial charge in [-0.25, -0.2) is 0 Å². The molecule has 0 aromatic rings. The molecule has 1 saturated heterocycles. The molecular formula is C6H12NO5. The molecular weight excluding hydrogens is 166 g/mol. The SMILES string of the molecule is N[C@H]1[C](O)O[C@H](CO)[C@H](O)[C@@H]1O. The highest BCUT2D eigenvalue weighted by atomic mass is 16.6. The van der Waals surface area contributed by atoms with E-state index >= 15 is 0 Å². The third kappa shape index (κ3) is 1.58. The van der Waals surface area contributed by atoms with Crippen molar-refractivity contribution >= 4 is 0 Å². The highest BCUT2D eigenvalue weighted by Gasteiger charge is 2.42. The van der Waals surface area contributed by atoms with Crippen molar-refractivity contribution in [3.8, 4) is 0 Å². The Balaban J connectivity index is 2.63. The molecule has 4 atom stereocenters. The van der Waals surface area contributed by atoms with Gasteiger partial charge in [-0.3, -0.25) is 0 Å². The third-order valence-corrected chi connectivity index (χ3v) is 1.84. The van der Waals surface area contributed by atoms with Crippen molar-refractivity contribution in [3.63, 3.8) is 0 Å². The number of aliphatic hydroxyl groups excluding tert-OH is 4. The highest BCUT2D eigenvalue weighted by Crippen LogP contribution is 2.22. The lowest BCUT2D eigenvalue weighted by atomic mass is 9.98. The zero-order valence-corrected chi connectivity index (χ0v) is 6.29. The number of hydrogen-bond acceptors (Lipinski definition) is 6. The molecule has 71 valence electrons. The molecule has 1 fully saturated rings. The van der Waals surface area contributed by atoms with E-state index in [0.29, 0.717) is 0 Å². The Morgan fingerprint density at radius 2 is 1.92 bits per heavy atom. The van der Waals surface area contributed by atoms with Gasteiger partial charge in [0.1, 0.15) is 18.3 Å². The van der Waals surface area contributed by atoms with Crippen LogP contribution in [-0.2, 0) is 4.74 Å². The average molecular weight is 178 g/mol. The van der Waals surface area contributed by atoms with Gasteiger partial charge in [0.2, 0.25) is 6.29 Å². The lowest BCUT2D eigenvalue weighted by Gasteiger charge is -2.37. The Morgan fingerprint density at radius 1 is 1.33 bits per heavy atom. The molecule has 12 heavy (non-hydrogen) atoms. The molecule has 0 spiro atoms.